The van der Waals surface area contributed by atoms with E-state index in [4.69, 9.17) is 16.5 Å². The standard InChI is InChI=1S/C40H23N3/c1-41-35-23-10-5-16-28(35)38-29-17-6-11-24-36(29)42-39(43-38)30-18-12-22-34-37(30)27-15-4-9-21-33(27)40(34)31-19-7-2-13-25(31)26-14-3-8-20-32(26)40/h2-24H. The quantitative estimate of drug-likeness (QED) is 0.202. The van der Waals surface area contributed by atoms with Gasteiger partial charge in [0.1, 0.15) is 0 Å². The van der Waals surface area contributed by atoms with E-state index in [1.165, 1.54) is 44.5 Å². The lowest BCUT2D eigenvalue weighted by Crippen LogP contribution is -2.25. The highest BCUT2D eigenvalue weighted by Gasteiger charge is 2.52. The van der Waals surface area contributed by atoms with E-state index in [1.807, 2.05) is 48.5 Å². The molecule has 0 N–H and O–H groups in total. The van der Waals surface area contributed by atoms with Gasteiger partial charge in [0.05, 0.1) is 23.2 Å². The number of nitrogens with zero attached hydrogens (tertiary/aromatic N) is 3. The van der Waals surface area contributed by atoms with Crippen molar-refractivity contribution < 1.29 is 0 Å². The summed E-state index contributed by atoms with van der Waals surface area (Å²) in [6.45, 7) is 7.83. The molecule has 2 aliphatic rings. The van der Waals surface area contributed by atoms with Gasteiger partial charge in [-0.05, 0) is 50.6 Å². The summed E-state index contributed by atoms with van der Waals surface area (Å²) in [5, 5.41) is 0.936. The monoisotopic (exact) mass is 545 g/mol. The first-order valence-electron chi connectivity index (χ1n) is 14.5. The number of hydrogen-bond acceptors (Lipinski definition) is 2. The van der Waals surface area contributed by atoms with Gasteiger partial charge in [-0.3, -0.25) is 0 Å². The third-order valence-corrected chi connectivity index (χ3v) is 9.14. The summed E-state index contributed by atoms with van der Waals surface area (Å²) in [4.78, 5) is 14.2. The number of rotatable bonds is 2. The van der Waals surface area contributed by atoms with Crippen LogP contribution in [0.15, 0.2) is 140 Å². The maximum absolute atomic E-state index is 7.83. The fourth-order valence-electron chi connectivity index (χ4n) is 7.50. The highest BCUT2D eigenvalue weighted by molar-refractivity contribution is 6.01. The molecule has 0 amide bonds. The number of benzene rings is 6. The van der Waals surface area contributed by atoms with Crippen molar-refractivity contribution in [3.05, 3.63) is 173 Å². The molecule has 9 rings (SSSR count). The minimum absolute atomic E-state index is 0.425. The van der Waals surface area contributed by atoms with Gasteiger partial charge in [0.2, 0.25) is 0 Å². The van der Waals surface area contributed by atoms with Gasteiger partial charge in [-0.15, -0.1) is 0 Å². The van der Waals surface area contributed by atoms with E-state index < -0.39 is 5.41 Å². The Kier molecular flexibility index (Phi) is 4.89. The topological polar surface area (TPSA) is 30.1 Å². The molecule has 3 heteroatoms. The van der Waals surface area contributed by atoms with Crippen molar-refractivity contribution in [1.29, 1.82) is 0 Å². The molecular weight excluding hydrogens is 522 g/mol. The Morgan fingerprint density at radius 2 is 1.00 bits per heavy atom. The van der Waals surface area contributed by atoms with Crippen LogP contribution in [-0.4, -0.2) is 9.97 Å². The highest BCUT2D eigenvalue weighted by Crippen LogP contribution is 2.63. The molecule has 7 aromatic rings. The Morgan fingerprint density at radius 1 is 0.465 bits per heavy atom. The minimum atomic E-state index is -0.425. The lowest BCUT2D eigenvalue weighted by Gasteiger charge is -2.30. The van der Waals surface area contributed by atoms with E-state index in [9.17, 15) is 0 Å². The summed E-state index contributed by atoms with van der Waals surface area (Å²) in [5.74, 6) is 0.664. The van der Waals surface area contributed by atoms with Crippen LogP contribution in [0.4, 0.5) is 5.69 Å². The van der Waals surface area contributed by atoms with Gasteiger partial charge >= 0.3 is 0 Å². The van der Waals surface area contributed by atoms with Gasteiger partial charge in [-0.2, -0.15) is 0 Å². The van der Waals surface area contributed by atoms with Gasteiger partial charge in [-0.1, -0.05) is 133 Å². The average Bonchev–Trinajstić information content (AvgIpc) is 3.55. The highest BCUT2D eigenvalue weighted by atomic mass is 14.9. The molecule has 0 unspecified atom stereocenters. The van der Waals surface area contributed by atoms with E-state index in [2.05, 4.69) is 95.8 Å². The van der Waals surface area contributed by atoms with Gasteiger partial charge in [0.25, 0.3) is 0 Å². The fraction of sp³-hybridized carbons (Fsp3) is 0.0250. The molecule has 1 heterocycles. The summed E-state index contributed by atoms with van der Waals surface area (Å²) in [6.07, 6.45) is 0. The SMILES string of the molecule is [C-]#[N+]c1ccccc1-c1nc(-c2cccc3c2-c2ccccc2C32c3ccccc3-c3ccccc32)nc2ccccc12. The molecule has 0 aliphatic heterocycles. The Balaban J connectivity index is 1.39. The van der Waals surface area contributed by atoms with Crippen LogP contribution < -0.4 is 0 Å². The van der Waals surface area contributed by atoms with Crippen molar-refractivity contribution in [2.45, 2.75) is 5.41 Å². The molecule has 198 valence electrons. The predicted octanol–water partition coefficient (Wildman–Crippen LogP) is 9.86. The van der Waals surface area contributed by atoms with Crippen LogP contribution in [-0.2, 0) is 5.41 Å². The molecule has 0 saturated carbocycles. The van der Waals surface area contributed by atoms with E-state index in [1.54, 1.807) is 0 Å². The molecular formula is C40H23N3. The molecule has 3 nitrogen and oxygen atoms in total. The Bertz CT molecular complexity index is 2280. The number of para-hydroxylation sites is 2. The van der Waals surface area contributed by atoms with Gasteiger partial charge in [-0.25, -0.2) is 14.8 Å². The Hall–Kier alpha value is -5.85. The van der Waals surface area contributed by atoms with Crippen LogP contribution in [0.25, 0.3) is 60.6 Å². The van der Waals surface area contributed by atoms with Crippen molar-refractivity contribution in [2.24, 2.45) is 0 Å². The van der Waals surface area contributed by atoms with Crippen molar-refractivity contribution in [3.8, 4) is 44.9 Å². The van der Waals surface area contributed by atoms with Crippen LogP contribution in [0.2, 0.25) is 0 Å². The van der Waals surface area contributed by atoms with Crippen LogP contribution in [0.3, 0.4) is 0 Å². The van der Waals surface area contributed by atoms with Crippen LogP contribution in [0.1, 0.15) is 22.3 Å². The first-order chi connectivity index (χ1) is 21.3. The second-order valence-electron chi connectivity index (χ2n) is 11.2. The lowest BCUT2D eigenvalue weighted by atomic mass is 9.70. The summed E-state index contributed by atoms with van der Waals surface area (Å²) in [5.41, 5.74) is 13.7. The van der Waals surface area contributed by atoms with E-state index in [0.29, 0.717) is 11.5 Å². The second kappa shape index (κ2) is 8.82. The molecule has 0 radical (unpaired) electrons. The number of hydrogen-bond donors (Lipinski definition) is 0. The zero-order valence-electron chi connectivity index (χ0n) is 23.1. The number of fused-ring (bicyclic) bond motifs is 11. The van der Waals surface area contributed by atoms with Gasteiger partial charge in [0.15, 0.2) is 11.5 Å². The first-order valence-corrected chi connectivity index (χ1v) is 14.5. The molecule has 43 heavy (non-hydrogen) atoms. The predicted molar refractivity (Wildman–Crippen MR) is 173 cm³/mol. The zero-order chi connectivity index (χ0) is 28.5. The molecule has 1 spiro atoms. The Labute approximate surface area is 249 Å². The maximum atomic E-state index is 7.83. The van der Waals surface area contributed by atoms with Crippen molar-refractivity contribution in [2.75, 3.05) is 0 Å². The molecule has 1 aromatic heterocycles. The summed E-state index contributed by atoms with van der Waals surface area (Å²) in [7, 11) is 0. The molecule has 0 saturated heterocycles. The summed E-state index contributed by atoms with van der Waals surface area (Å²) in [6, 6.07) is 48.9. The number of aromatic nitrogens is 2. The van der Waals surface area contributed by atoms with Gasteiger partial charge in [0, 0.05) is 16.5 Å². The molecule has 0 bridgehead atoms. The van der Waals surface area contributed by atoms with E-state index >= 15 is 0 Å². The smallest absolute Gasteiger partial charge is 0.196 e. The van der Waals surface area contributed by atoms with Crippen LogP contribution >= 0.6 is 0 Å². The van der Waals surface area contributed by atoms with Crippen molar-refractivity contribution >= 4 is 16.6 Å². The molecule has 6 aromatic carbocycles. The third kappa shape index (κ3) is 3.07. The maximum Gasteiger partial charge on any atom is 0.196 e. The van der Waals surface area contributed by atoms with Gasteiger partial charge < -0.3 is 0 Å². The largest absolute Gasteiger partial charge is 0.237 e. The first kappa shape index (κ1) is 23.8. The minimum Gasteiger partial charge on any atom is -0.237 e. The molecule has 0 fully saturated rings. The van der Waals surface area contributed by atoms with Crippen LogP contribution in [0, 0.1) is 6.57 Å². The average molecular weight is 546 g/mol. The Morgan fingerprint density at radius 3 is 1.72 bits per heavy atom. The zero-order valence-corrected chi connectivity index (χ0v) is 23.1. The fourth-order valence-corrected chi connectivity index (χ4v) is 7.50. The summed E-state index contributed by atoms with van der Waals surface area (Å²) < 4.78 is 0. The van der Waals surface area contributed by atoms with E-state index in [-0.39, 0.29) is 0 Å². The normalized spacial score (nSPS) is 13.3. The third-order valence-electron chi connectivity index (χ3n) is 9.14. The van der Waals surface area contributed by atoms with Crippen molar-refractivity contribution in [1.82, 2.24) is 9.97 Å². The van der Waals surface area contributed by atoms with Crippen molar-refractivity contribution in [3.63, 3.8) is 0 Å². The van der Waals surface area contributed by atoms with Crippen LogP contribution in [0.5, 0.6) is 0 Å². The molecule has 0 atom stereocenters. The molecule has 2 aliphatic carbocycles. The second-order valence-corrected chi connectivity index (χ2v) is 11.2. The lowest BCUT2D eigenvalue weighted by molar-refractivity contribution is 0.794. The van der Waals surface area contributed by atoms with E-state index in [0.717, 1.165) is 27.7 Å². The summed E-state index contributed by atoms with van der Waals surface area (Å²) >= 11 is 0.